The number of halogens is 3. The van der Waals surface area contributed by atoms with Gasteiger partial charge in [-0.1, -0.05) is 12.1 Å². The molecule has 4 N–H and O–H groups in total. The first-order chi connectivity index (χ1) is 16.3. The minimum absolute atomic E-state index is 0.0644. The number of carbonyl (C=O) groups excluding carboxylic acids is 1. The third-order valence-electron chi connectivity index (χ3n) is 5.52. The maximum Gasteiger partial charge on any atom is 0.416 e. The van der Waals surface area contributed by atoms with Gasteiger partial charge in [0.25, 0.3) is 5.91 Å². The van der Waals surface area contributed by atoms with Gasteiger partial charge in [0.05, 0.1) is 11.1 Å². The van der Waals surface area contributed by atoms with E-state index in [0.717, 1.165) is 41.6 Å². The smallest absolute Gasteiger partial charge is 0.357 e. The van der Waals surface area contributed by atoms with Crippen LogP contribution in [-0.2, 0) is 6.18 Å². The van der Waals surface area contributed by atoms with E-state index in [0.29, 0.717) is 29.1 Å². The number of nitrogens with zero attached hydrogens (tertiary/aromatic N) is 2. The first-order valence-electron chi connectivity index (χ1n) is 10.7. The zero-order valence-corrected chi connectivity index (χ0v) is 18.1. The Labute approximate surface area is 192 Å². The van der Waals surface area contributed by atoms with Crippen molar-refractivity contribution < 1.29 is 18.0 Å². The molecule has 0 bridgehead atoms. The van der Waals surface area contributed by atoms with Crippen LogP contribution in [0, 0.1) is 6.92 Å². The lowest BCUT2D eigenvalue weighted by Crippen LogP contribution is -2.14. The molecule has 34 heavy (non-hydrogen) atoms. The quantitative estimate of drug-likeness (QED) is 0.286. The molecule has 1 fully saturated rings. The number of amides is 1. The molecule has 1 aliphatic rings. The predicted molar refractivity (Wildman–Crippen MR) is 124 cm³/mol. The second-order valence-corrected chi connectivity index (χ2v) is 8.24. The van der Waals surface area contributed by atoms with Gasteiger partial charge in [0.1, 0.15) is 5.52 Å². The molecule has 0 unspecified atom stereocenters. The molecule has 2 aromatic heterocycles. The number of aryl methyl sites for hydroxylation is 1. The van der Waals surface area contributed by atoms with Gasteiger partial charge in [0, 0.05) is 29.2 Å². The standard InChI is InChI=1S/C24H21F3N6O/c1-13-5-6-14(22(34)29-17-4-2-3-15(12-17)24(25,26)27)11-19(13)31-21-20-18(9-10-28-20)32-23(33-21)30-16-7-8-16/h2-6,9-12,16,28H,7-8H2,1H3,(H,29,34)(H2,30,31,32,33). The highest BCUT2D eigenvalue weighted by Crippen LogP contribution is 2.31. The number of hydrogen-bond acceptors (Lipinski definition) is 5. The summed E-state index contributed by atoms with van der Waals surface area (Å²) in [7, 11) is 0. The first kappa shape index (κ1) is 21.7. The van der Waals surface area contributed by atoms with Crippen LogP contribution in [0.15, 0.2) is 54.7 Å². The Morgan fingerprint density at radius 2 is 1.91 bits per heavy atom. The molecule has 174 valence electrons. The van der Waals surface area contributed by atoms with Crippen molar-refractivity contribution in [3.8, 4) is 0 Å². The number of carbonyl (C=O) groups is 1. The lowest BCUT2D eigenvalue weighted by atomic mass is 10.1. The second-order valence-electron chi connectivity index (χ2n) is 8.24. The van der Waals surface area contributed by atoms with Gasteiger partial charge in [-0.15, -0.1) is 0 Å². The normalized spacial score (nSPS) is 13.6. The van der Waals surface area contributed by atoms with Crippen molar-refractivity contribution in [1.82, 2.24) is 15.0 Å². The highest BCUT2D eigenvalue weighted by atomic mass is 19.4. The van der Waals surface area contributed by atoms with Crippen LogP contribution in [0.25, 0.3) is 11.0 Å². The summed E-state index contributed by atoms with van der Waals surface area (Å²) in [6.07, 6.45) is -0.550. The van der Waals surface area contributed by atoms with Crippen molar-refractivity contribution >= 4 is 40.1 Å². The molecule has 1 amide bonds. The molecule has 5 rings (SSSR count). The average molecular weight is 466 g/mol. The Kier molecular flexibility index (Phi) is 5.35. The van der Waals surface area contributed by atoms with Crippen molar-refractivity contribution in [2.24, 2.45) is 0 Å². The topological polar surface area (TPSA) is 94.7 Å². The molecular formula is C24H21F3N6O. The number of hydrogen-bond donors (Lipinski definition) is 4. The van der Waals surface area contributed by atoms with Crippen molar-refractivity contribution in [2.45, 2.75) is 32.0 Å². The van der Waals surface area contributed by atoms with Crippen molar-refractivity contribution in [3.63, 3.8) is 0 Å². The van der Waals surface area contributed by atoms with E-state index < -0.39 is 17.6 Å². The number of benzene rings is 2. The predicted octanol–water partition coefficient (Wildman–Crippen LogP) is 5.86. The Hall–Kier alpha value is -4.08. The highest BCUT2D eigenvalue weighted by molar-refractivity contribution is 6.05. The van der Waals surface area contributed by atoms with E-state index in [-0.39, 0.29) is 5.69 Å². The molecule has 7 nitrogen and oxygen atoms in total. The van der Waals surface area contributed by atoms with Crippen LogP contribution < -0.4 is 16.0 Å². The summed E-state index contributed by atoms with van der Waals surface area (Å²) >= 11 is 0. The van der Waals surface area contributed by atoms with Gasteiger partial charge in [0.15, 0.2) is 5.82 Å². The van der Waals surface area contributed by atoms with E-state index in [1.807, 2.05) is 13.0 Å². The molecule has 0 saturated heterocycles. The molecule has 0 radical (unpaired) electrons. The Morgan fingerprint density at radius 1 is 1.09 bits per heavy atom. The van der Waals surface area contributed by atoms with E-state index in [4.69, 9.17) is 0 Å². The molecule has 10 heteroatoms. The summed E-state index contributed by atoms with van der Waals surface area (Å²) in [4.78, 5) is 25.0. The van der Waals surface area contributed by atoms with Crippen LogP contribution in [0.2, 0.25) is 0 Å². The fourth-order valence-corrected chi connectivity index (χ4v) is 3.51. The summed E-state index contributed by atoms with van der Waals surface area (Å²) in [5, 5.41) is 9.10. The molecule has 4 aromatic rings. The van der Waals surface area contributed by atoms with Gasteiger partial charge in [-0.05, 0) is 61.7 Å². The lowest BCUT2D eigenvalue weighted by molar-refractivity contribution is -0.137. The fourth-order valence-electron chi connectivity index (χ4n) is 3.51. The van der Waals surface area contributed by atoms with Crippen LogP contribution in [-0.4, -0.2) is 26.9 Å². The monoisotopic (exact) mass is 466 g/mol. The molecule has 1 saturated carbocycles. The number of aromatic amines is 1. The summed E-state index contributed by atoms with van der Waals surface area (Å²) in [5.74, 6) is 0.552. The largest absolute Gasteiger partial charge is 0.416 e. The van der Waals surface area contributed by atoms with Crippen LogP contribution in [0.1, 0.15) is 34.3 Å². The molecule has 1 aliphatic carbocycles. The van der Waals surface area contributed by atoms with Gasteiger partial charge >= 0.3 is 6.18 Å². The van der Waals surface area contributed by atoms with E-state index in [1.165, 1.54) is 12.1 Å². The second kappa shape index (κ2) is 8.36. The number of H-pyrrole nitrogens is 1. The fraction of sp³-hybridized carbons (Fsp3) is 0.208. The molecular weight excluding hydrogens is 445 g/mol. The van der Waals surface area contributed by atoms with Crippen molar-refractivity contribution in [3.05, 3.63) is 71.4 Å². The van der Waals surface area contributed by atoms with Crippen LogP contribution in [0.5, 0.6) is 0 Å². The SMILES string of the molecule is Cc1ccc(C(=O)Nc2cccc(C(F)(F)F)c2)cc1Nc1nc(NC2CC2)nc2cc[nH]c12. The van der Waals surface area contributed by atoms with Gasteiger partial charge < -0.3 is 20.9 Å². The van der Waals surface area contributed by atoms with Gasteiger partial charge in [-0.2, -0.15) is 18.2 Å². The maximum atomic E-state index is 13.0. The van der Waals surface area contributed by atoms with Crippen molar-refractivity contribution in [1.29, 1.82) is 0 Å². The number of fused-ring (bicyclic) bond motifs is 1. The summed E-state index contributed by atoms with van der Waals surface area (Å²) in [6, 6.07) is 11.8. The molecule has 0 spiro atoms. The number of anilines is 4. The number of nitrogens with one attached hydrogen (secondary N) is 4. The summed E-state index contributed by atoms with van der Waals surface area (Å²) in [6.45, 7) is 1.88. The number of aromatic nitrogens is 3. The third kappa shape index (κ3) is 4.66. The van der Waals surface area contributed by atoms with Crippen LogP contribution in [0.3, 0.4) is 0 Å². The van der Waals surface area contributed by atoms with E-state index in [2.05, 4.69) is 30.9 Å². The Bertz CT molecular complexity index is 1380. The lowest BCUT2D eigenvalue weighted by Gasteiger charge is -2.14. The molecule has 0 atom stereocenters. The van der Waals surface area contributed by atoms with Gasteiger partial charge in [-0.25, -0.2) is 4.98 Å². The van der Waals surface area contributed by atoms with E-state index >= 15 is 0 Å². The Balaban J connectivity index is 1.40. The zero-order chi connectivity index (χ0) is 23.9. The minimum atomic E-state index is -4.49. The Morgan fingerprint density at radius 3 is 2.68 bits per heavy atom. The highest BCUT2D eigenvalue weighted by Gasteiger charge is 2.30. The number of rotatable bonds is 6. The summed E-state index contributed by atoms with van der Waals surface area (Å²) in [5.41, 5.74) is 2.50. The molecule has 2 heterocycles. The van der Waals surface area contributed by atoms with Gasteiger partial charge in [0.2, 0.25) is 5.95 Å². The van der Waals surface area contributed by atoms with E-state index in [1.54, 1.807) is 24.4 Å². The van der Waals surface area contributed by atoms with Crippen molar-refractivity contribution in [2.75, 3.05) is 16.0 Å². The number of alkyl halides is 3. The summed E-state index contributed by atoms with van der Waals surface area (Å²) < 4.78 is 39.0. The van der Waals surface area contributed by atoms with Crippen LogP contribution >= 0.6 is 0 Å². The van der Waals surface area contributed by atoms with Crippen LogP contribution in [0.4, 0.5) is 36.3 Å². The molecule has 0 aliphatic heterocycles. The first-order valence-corrected chi connectivity index (χ1v) is 10.7. The zero-order valence-electron chi connectivity index (χ0n) is 18.1. The van der Waals surface area contributed by atoms with Gasteiger partial charge in [-0.3, -0.25) is 4.79 Å². The maximum absolute atomic E-state index is 13.0. The average Bonchev–Trinajstić information content (AvgIpc) is 3.47. The minimum Gasteiger partial charge on any atom is -0.357 e. The third-order valence-corrected chi connectivity index (χ3v) is 5.52. The van der Waals surface area contributed by atoms with E-state index in [9.17, 15) is 18.0 Å². The molecule has 2 aromatic carbocycles.